The lowest BCUT2D eigenvalue weighted by Gasteiger charge is -2.51. The lowest BCUT2D eigenvalue weighted by atomic mass is 9.58. The number of benzene rings is 2. The van der Waals surface area contributed by atoms with Crippen molar-refractivity contribution < 1.29 is 9.59 Å². The fourth-order valence-electron chi connectivity index (χ4n) is 8.33. The molecule has 3 amide bonds. The average molecular weight is 608 g/mol. The Morgan fingerprint density at radius 2 is 1.78 bits per heavy atom. The molecule has 2 aromatic rings. The Labute approximate surface area is 267 Å². The lowest BCUT2D eigenvalue weighted by molar-refractivity contribution is -0.118. The Morgan fingerprint density at radius 1 is 1.02 bits per heavy atom. The number of likely N-dealkylation sites (tertiary alicyclic amines) is 1. The fraction of sp³-hybridized carbons (Fsp3) is 0.500. The Bertz CT molecular complexity index is 1440. The molecule has 3 aliphatic heterocycles. The SMILES string of the molecule is [C-]#[N+]c1ccc(N2CC(CN3CCC(C(CNC(=O)C4=CCC=N4)(c4ccccc4)[C@@H]4CCC[C@H]4NC(=O)NC)CC3)C2)cc1. The molecule has 1 saturated carbocycles. The van der Waals surface area contributed by atoms with Gasteiger partial charge in [-0.1, -0.05) is 48.9 Å². The molecule has 0 bridgehead atoms. The predicted octanol–water partition coefficient (Wildman–Crippen LogP) is 4.90. The zero-order valence-corrected chi connectivity index (χ0v) is 26.3. The van der Waals surface area contributed by atoms with E-state index in [-0.39, 0.29) is 29.3 Å². The van der Waals surface area contributed by atoms with Gasteiger partial charge in [0.05, 0.1) is 6.57 Å². The highest BCUT2D eigenvalue weighted by Gasteiger charge is 2.52. The molecule has 6 rings (SSSR count). The van der Waals surface area contributed by atoms with E-state index >= 15 is 0 Å². The third kappa shape index (κ3) is 6.62. The zero-order chi connectivity index (χ0) is 31.2. The molecule has 3 atom stereocenters. The van der Waals surface area contributed by atoms with Crippen molar-refractivity contribution in [3.05, 3.63) is 83.4 Å². The van der Waals surface area contributed by atoms with Crippen LogP contribution < -0.4 is 20.9 Å². The molecule has 45 heavy (non-hydrogen) atoms. The fourth-order valence-corrected chi connectivity index (χ4v) is 8.33. The first-order valence-corrected chi connectivity index (χ1v) is 16.5. The van der Waals surface area contributed by atoms with Crippen molar-refractivity contribution in [3.8, 4) is 0 Å². The quantitative estimate of drug-likeness (QED) is 0.335. The van der Waals surface area contributed by atoms with Crippen molar-refractivity contribution in [2.45, 2.75) is 50.0 Å². The van der Waals surface area contributed by atoms with Crippen molar-refractivity contribution in [2.24, 2.45) is 22.7 Å². The van der Waals surface area contributed by atoms with E-state index in [9.17, 15) is 9.59 Å². The molecule has 2 saturated heterocycles. The molecule has 236 valence electrons. The van der Waals surface area contributed by atoms with Gasteiger partial charge in [-0.25, -0.2) is 9.64 Å². The number of nitrogens with zero attached hydrogens (tertiary/aromatic N) is 4. The minimum absolute atomic E-state index is 0.0358. The van der Waals surface area contributed by atoms with Gasteiger partial charge in [0.25, 0.3) is 5.91 Å². The number of hydrogen-bond donors (Lipinski definition) is 3. The van der Waals surface area contributed by atoms with Crippen LogP contribution in [-0.4, -0.2) is 75.4 Å². The summed E-state index contributed by atoms with van der Waals surface area (Å²) in [5, 5.41) is 9.37. The molecular weight excluding hydrogens is 562 g/mol. The van der Waals surface area contributed by atoms with Crippen molar-refractivity contribution in [1.82, 2.24) is 20.9 Å². The van der Waals surface area contributed by atoms with Crippen LogP contribution in [0.2, 0.25) is 0 Å². The highest BCUT2D eigenvalue weighted by molar-refractivity contribution is 5.96. The summed E-state index contributed by atoms with van der Waals surface area (Å²) >= 11 is 0. The van der Waals surface area contributed by atoms with Crippen molar-refractivity contribution in [1.29, 1.82) is 0 Å². The van der Waals surface area contributed by atoms with Crippen molar-refractivity contribution >= 4 is 29.5 Å². The van der Waals surface area contributed by atoms with E-state index in [1.807, 2.05) is 18.2 Å². The van der Waals surface area contributed by atoms with E-state index in [0.717, 1.165) is 64.8 Å². The maximum absolute atomic E-state index is 13.3. The number of allylic oxidation sites excluding steroid dienone is 1. The maximum atomic E-state index is 13.3. The van der Waals surface area contributed by atoms with Gasteiger partial charge in [-0.2, -0.15) is 0 Å². The van der Waals surface area contributed by atoms with Gasteiger partial charge in [-0.3, -0.25) is 9.79 Å². The Kier molecular flexibility index (Phi) is 9.50. The molecule has 0 spiro atoms. The van der Waals surface area contributed by atoms with E-state index in [4.69, 9.17) is 6.57 Å². The predicted molar refractivity (Wildman–Crippen MR) is 179 cm³/mol. The monoisotopic (exact) mass is 607 g/mol. The molecule has 3 heterocycles. The molecule has 3 fully saturated rings. The van der Waals surface area contributed by atoms with Crippen LogP contribution in [-0.2, 0) is 10.2 Å². The number of rotatable bonds is 10. The highest BCUT2D eigenvalue weighted by Crippen LogP contribution is 2.50. The van der Waals surface area contributed by atoms with Gasteiger partial charge in [-0.05, 0) is 74.4 Å². The van der Waals surface area contributed by atoms with Crippen LogP contribution in [0.1, 0.15) is 44.1 Å². The summed E-state index contributed by atoms with van der Waals surface area (Å²) in [4.78, 5) is 38.7. The van der Waals surface area contributed by atoms with Gasteiger partial charge in [0.1, 0.15) is 5.70 Å². The van der Waals surface area contributed by atoms with Crippen LogP contribution in [0.5, 0.6) is 0 Å². The molecule has 0 aromatic heterocycles. The van der Waals surface area contributed by atoms with Gasteiger partial charge in [0.15, 0.2) is 5.69 Å². The number of carbonyl (C=O) groups is 2. The first-order valence-electron chi connectivity index (χ1n) is 16.5. The summed E-state index contributed by atoms with van der Waals surface area (Å²) in [6.45, 7) is 12.9. The molecule has 1 unspecified atom stereocenters. The molecular formula is C36H45N7O2. The summed E-state index contributed by atoms with van der Waals surface area (Å²) < 4.78 is 0. The van der Waals surface area contributed by atoms with E-state index in [2.05, 4.69) is 78.1 Å². The molecule has 0 radical (unpaired) electrons. The van der Waals surface area contributed by atoms with Gasteiger partial charge >= 0.3 is 6.03 Å². The molecule has 3 N–H and O–H groups in total. The lowest BCUT2D eigenvalue weighted by Crippen LogP contribution is -2.59. The Hall–Kier alpha value is -4.16. The number of hydrogen-bond acceptors (Lipinski definition) is 5. The van der Waals surface area contributed by atoms with Crippen LogP contribution in [0.25, 0.3) is 4.85 Å². The molecule has 1 aliphatic carbocycles. The molecule has 4 aliphatic rings. The summed E-state index contributed by atoms with van der Waals surface area (Å²) in [5.41, 5.74) is 3.31. The van der Waals surface area contributed by atoms with Crippen LogP contribution >= 0.6 is 0 Å². The topological polar surface area (TPSA) is 93.4 Å². The zero-order valence-electron chi connectivity index (χ0n) is 26.3. The second-order valence-electron chi connectivity index (χ2n) is 13.1. The third-order valence-corrected chi connectivity index (χ3v) is 10.6. The summed E-state index contributed by atoms with van der Waals surface area (Å²) in [7, 11) is 1.67. The number of aliphatic imine (C=N–C) groups is 1. The van der Waals surface area contributed by atoms with Gasteiger partial charge in [0, 0.05) is 68.9 Å². The second kappa shape index (κ2) is 13.9. The average Bonchev–Trinajstić information content (AvgIpc) is 3.77. The minimum Gasteiger partial charge on any atom is -0.371 e. The number of carbonyl (C=O) groups excluding carboxylic acids is 2. The number of amides is 3. The summed E-state index contributed by atoms with van der Waals surface area (Å²) in [5.74, 6) is 1.07. The van der Waals surface area contributed by atoms with E-state index in [1.165, 1.54) is 11.3 Å². The first kappa shape index (κ1) is 30.8. The normalized spacial score (nSPS) is 23.5. The number of urea groups is 1. The van der Waals surface area contributed by atoms with Gasteiger partial charge in [-0.15, -0.1) is 0 Å². The van der Waals surface area contributed by atoms with Crippen LogP contribution in [0.3, 0.4) is 0 Å². The molecule has 9 heteroatoms. The highest BCUT2D eigenvalue weighted by atomic mass is 16.2. The molecule has 9 nitrogen and oxygen atoms in total. The van der Waals surface area contributed by atoms with E-state index in [0.29, 0.717) is 36.2 Å². The van der Waals surface area contributed by atoms with Crippen molar-refractivity contribution in [2.75, 3.05) is 51.2 Å². The third-order valence-electron chi connectivity index (χ3n) is 10.6. The number of piperidine rings is 1. The summed E-state index contributed by atoms with van der Waals surface area (Å²) in [6.07, 6.45) is 9.44. The summed E-state index contributed by atoms with van der Waals surface area (Å²) in [6, 6.07) is 18.5. The second-order valence-corrected chi connectivity index (χ2v) is 13.1. The maximum Gasteiger partial charge on any atom is 0.314 e. The van der Waals surface area contributed by atoms with E-state index in [1.54, 1.807) is 13.3 Å². The largest absolute Gasteiger partial charge is 0.371 e. The van der Waals surface area contributed by atoms with Gasteiger partial charge < -0.3 is 25.8 Å². The van der Waals surface area contributed by atoms with E-state index < -0.39 is 0 Å². The standard InChI is InChI=1S/C36H45N7O2/c1-37-29-13-15-30(16-14-29)43-23-26(24-43)22-42-20-17-28(18-21-42)36(27-8-4-3-5-9-27,25-40-34(44)33-12-7-19-39-33)31-10-6-11-32(31)41-35(45)38-2/h3-5,8-9,12-16,19,26,28,31-32H,6-7,10-11,17-18,20-25H2,2H3,(H,40,44)(H2,38,41,45)/t31-,32-,36?/m1/s1. The number of nitrogens with one attached hydrogen (secondary N) is 3. The van der Waals surface area contributed by atoms with Crippen molar-refractivity contribution in [3.63, 3.8) is 0 Å². The first-order chi connectivity index (χ1) is 22.0. The van der Waals surface area contributed by atoms with Crippen LogP contribution in [0.15, 0.2) is 71.4 Å². The van der Waals surface area contributed by atoms with Gasteiger partial charge in [0.2, 0.25) is 0 Å². The van der Waals surface area contributed by atoms with Crippen LogP contribution in [0, 0.1) is 24.3 Å². The Morgan fingerprint density at radius 3 is 2.44 bits per heavy atom. The minimum atomic E-state index is -0.321. The number of anilines is 1. The smallest absolute Gasteiger partial charge is 0.314 e. The Balaban J connectivity index is 1.18. The molecule has 2 aromatic carbocycles. The van der Waals surface area contributed by atoms with Crippen LogP contribution in [0.4, 0.5) is 16.2 Å².